The number of rotatable bonds is 5. The summed E-state index contributed by atoms with van der Waals surface area (Å²) in [6, 6.07) is 4.10. The summed E-state index contributed by atoms with van der Waals surface area (Å²) in [7, 11) is 1.47. The van der Waals surface area contributed by atoms with Crippen LogP contribution < -0.4 is 4.74 Å². The molecule has 0 spiro atoms. The number of piperidine rings is 1. The molecule has 1 aliphatic carbocycles. The zero-order valence-corrected chi connectivity index (χ0v) is 12.0. The van der Waals surface area contributed by atoms with Crippen LogP contribution in [0.1, 0.15) is 12.0 Å². The molecule has 1 heterocycles. The van der Waals surface area contributed by atoms with Gasteiger partial charge in [0, 0.05) is 25.2 Å². The van der Waals surface area contributed by atoms with E-state index in [1.54, 1.807) is 4.90 Å². The van der Waals surface area contributed by atoms with Gasteiger partial charge in [-0.15, -0.1) is 0 Å². The molecule has 2 N–H and O–H groups in total. The number of aliphatic carboxylic acids is 2. The van der Waals surface area contributed by atoms with E-state index in [0.29, 0.717) is 11.3 Å². The minimum Gasteiger partial charge on any atom is -0.496 e. The first kappa shape index (κ1) is 14.8. The van der Waals surface area contributed by atoms with E-state index in [1.165, 1.54) is 25.3 Å². The molecule has 1 saturated heterocycles. The number of benzene rings is 1. The largest absolute Gasteiger partial charge is 0.496 e. The van der Waals surface area contributed by atoms with Gasteiger partial charge < -0.3 is 14.9 Å². The van der Waals surface area contributed by atoms with E-state index in [-0.39, 0.29) is 26.1 Å². The molecule has 1 aromatic rings. The summed E-state index contributed by atoms with van der Waals surface area (Å²) in [6.45, 7) is 0.549. The molecule has 2 fully saturated rings. The Labute approximate surface area is 126 Å². The maximum Gasteiger partial charge on any atom is 0.312 e. The van der Waals surface area contributed by atoms with E-state index in [4.69, 9.17) is 4.74 Å². The molecule has 3 rings (SSSR count). The van der Waals surface area contributed by atoms with E-state index in [0.717, 1.165) is 0 Å². The van der Waals surface area contributed by atoms with E-state index in [9.17, 15) is 24.2 Å². The number of hydrogen-bond donors (Lipinski definition) is 2. The van der Waals surface area contributed by atoms with Crippen molar-refractivity contribution in [1.29, 1.82) is 0 Å². The van der Waals surface area contributed by atoms with Gasteiger partial charge in [0.15, 0.2) is 0 Å². The van der Waals surface area contributed by atoms with Crippen LogP contribution in [-0.4, -0.2) is 47.3 Å². The summed E-state index contributed by atoms with van der Waals surface area (Å²) in [5, 5.41) is 18.8. The van der Waals surface area contributed by atoms with Gasteiger partial charge in [-0.05, 0) is 24.6 Å². The van der Waals surface area contributed by atoms with Crippen LogP contribution in [0.2, 0.25) is 0 Å². The molecule has 7 heteroatoms. The fourth-order valence-electron chi connectivity index (χ4n) is 3.62. The summed E-state index contributed by atoms with van der Waals surface area (Å²) < 4.78 is 18.6. The maximum atomic E-state index is 13.4. The second kappa shape index (κ2) is 4.67. The molecule has 0 radical (unpaired) electrons. The highest BCUT2D eigenvalue weighted by Crippen LogP contribution is 2.68. The molecular formula is C15H16FNO5. The lowest BCUT2D eigenvalue weighted by atomic mass is 9.97. The number of methoxy groups -OCH3 is 1. The van der Waals surface area contributed by atoms with Gasteiger partial charge in [0.25, 0.3) is 0 Å². The number of halogens is 1. The minimum atomic E-state index is -1.22. The SMILES string of the molecule is COc1ccc(F)cc1CN1C[C@@]2(C(=O)O)C[C@@]2(C(=O)O)C1. The van der Waals surface area contributed by atoms with Crippen molar-refractivity contribution >= 4 is 11.9 Å². The van der Waals surface area contributed by atoms with Gasteiger partial charge in [0.05, 0.1) is 17.9 Å². The maximum absolute atomic E-state index is 13.4. The van der Waals surface area contributed by atoms with Crippen molar-refractivity contribution in [2.45, 2.75) is 13.0 Å². The van der Waals surface area contributed by atoms with Crippen molar-refractivity contribution in [3.05, 3.63) is 29.6 Å². The van der Waals surface area contributed by atoms with Gasteiger partial charge in [-0.1, -0.05) is 0 Å². The van der Waals surface area contributed by atoms with Crippen molar-refractivity contribution in [2.75, 3.05) is 20.2 Å². The fraction of sp³-hybridized carbons (Fsp3) is 0.467. The number of nitrogens with zero attached hydrogens (tertiary/aromatic N) is 1. The Hall–Kier alpha value is -2.15. The molecule has 118 valence electrons. The highest BCUT2D eigenvalue weighted by molar-refractivity contribution is 5.94. The van der Waals surface area contributed by atoms with Crippen LogP contribution in [0.3, 0.4) is 0 Å². The van der Waals surface area contributed by atoms with Crippen LogP contribution in [0.4, 0.5) is 4.39 Å². The summed E-state index contributed by atoms with van der Waals surface area (Å²) in [5.41, 5.74) is -1.87. The Kier molecular flexibility index (Phi) is 3.14. The molecule has 0 aromatic heterocycles. The number of carboxylic acids is 2. The van der Waals surface area contributed by atoms with Crippen molar-refractivity contribution in [1.82, 2.24) is 4.90 Å². The third kappa shape index (κ3) is 1.89. The number of carbonyl (C=O) groups is 2. The van der Waals surface area contributed by atoms with Crippen LogP contribution in [0, 0.1) is 16.6 Å². The molecule has 1 saturated carbocycles. The minimum absolute atomic E-state index is 0.147. The first-order chi connectivity index (χ1) is 10.3. The normalized spacial score (nSPS) is 29.9. The molecular weight excluding hydrogens is 293 g/mol. The van der Waals surface area contributed by atoms with Gasteiger partial charge in [-0.3, -0.25) is 14.5 Å². The lowest BCUT2D eigenvalue weighted by Gasteiger charge is -2.20. The van der Waals surface area contributed by atoms with E-state index < -0.39 is 28.6 Å². The van der Waals surface area contributed by atoms with E-state index in [2.05, 4.69) is 0 Å². The Morgan fingerprint density at radius 1 is 1.27 bits per heavy atom. The zero-order valence-electron chi connectivity index (χ0n) is 12.0. The number of carboxylic acid groups (broad SMARTS) is 2. The fourth-order valence-corrected chi connectivity index (χ4v) is 3.62. The summed E-state index contributed by atoms with van der Waals surface area (Å²) in [4.78, 5) is 24.7. The summed E-state index contributed by atoms with van der Waals surface area (Å²) >= 11 is 0. The summed E-state index contributed by atoms with van der Waals surface area (Å²) in [6.07, 6.45) is 0.154. The van der Waals surface area contributed by atoms with E-state index >= 15 is 0 Å². The average Bonchev–Trinajstić information content (AvgIpc) is 2.99. The van der Waals surface area contributed by atoms with Crippen LogP contribution in [0.15, 0.2) is 18.2 Å². The standard InChI is InChI=1S/C15H16FNO5/c1-22-11-3-2-10(16)4-9(11)5-17-7-14(12(18)19)6-15(14,8-17)13(20)21/h2-4H,5-8H2,1H3,(H,18,19)(H,20,21)/t14-,15+. The average molecular weight is 309 g/mol. The van der Waals surface area contributed by atoms with E-state index in [1.807, 2.05) is 0 Å². The van der Waals surface area contributed by atoms with Gasteiger partial charge in [-0.2, -0.15) is 0 Å². The van der Waals surface area contributed by atoms with Crippen LogP contribution in [0.25, 0.3) is 0 Å². The van der Waals surface area contributed by atoms with Crippen LogP contribution in [-0.2, 0) is 16.1 Å². The van der Waals surface area contributed by atoms with Crippen LogP contribution in [0.5, 0.6) is 5.75 Å². The number of hydrogen-bond acceptors (Lipinski definition) is 4. The smallest absolute Gasteiger partial charge is 0.312 e. The van der Waals surface area contributed by atoms with Crippen LogP contribution >= 0.6 is 0 Å². The second-order valence-corrected chi connectivity index (χ2v) is 6.05. The number of ether oxygens (including phenoxy) is 1. The van der Waals surface area contributed by atoms with Gasteiger partial charge in [-0.25, -0.2) is 4.39 Å². The molecule has 0 unspecified atom stereocenters. The lowest BCUT2D eigenvalue weighted by molar-refractivity contribution is -0.151. The Morgan fingerprint density at radius 2 is 1.86 bits per heavy atom. The molecule has 1 aromatic carbocycles. The van der Waals surface area contributed by atoms with Crippen molar-refractivity contribution in [3.63, 3.8) is 0 Å². The monoisotopic (exact) mass is 309 g/mol. The molecule has 2 aliphatic rings. The lowest BCUT2D eigenvalue weighted by Crippen LogP contribution is -2.28. The predicted molar refractivity (Wildman–Crippen MR) is 73.0 cm³/mol. The highest BCUT2D eigenvalue weighted by atomic mass is 19.1. The number of fused-ring (bicyclic) bond motifs is 1. The first-order valence-electron chi connectivity index (χ1n) is 6.86. The second-order valence-electron chi connectivity index (χ2n) is 6.05. The van der Waals surface area contributed by atoms with Crippen molar-refractivity contribution < 1.29 is 28.9 Å². The highest BCUT2D eigenvalue weighted by Gasteiger charge is 2.80. The Morgan fingerprint density at radius 3 is 2.36 bits per heavy atom. The molecule has 0 bridgehead atoms. The predicted octanol–water partition coefficient (Wildman–Crippen LogP) is 1.20. The third-order valence-corrected chi connectivity index (χ3v) is 4.84. The molecule has 22 heavy (non-hydrogen) atoms. The van der Waals surface area contributed by atoms with Crippen molar-refractivity contribution in [2.24, 2.45) is 10.8 Å². The molecule has 6 nitrogen and oxygen atoms in total. The first-order valence-corrected chi connectivity index (χ1v) is 6.86. The number of likely N-dealkylation sites (tertiary alicyclic amines) is 1. The summed E-state index contributed by atoms with van der Waals surface area (Å²) in [5.74, 6) is -2.08. The van der Waals surface area contributed by atoms with Gasteiger partial charge in [0.2, 0.25) is 0 Å². The quantitative estimate of drug-likeness (QED) is 0.850. The van der Waals surface area contributed by atoms with Gasteiger partial charge >= 0.3 is 11.9 Å². The molecule has 0 amide bonds. The molecule has 1 aliphatic heterocycles. The topological polar surface area (TPSA) is 87.1 Å². The van der Waals surface area contributed by atoms with Crippen molar-refractivity contribution in [3.8, 4) is 5.75 Å². The third-order valence-electron chi connectivity index (χ3n) is 4.84. The van der Waals surface area contributed by atoms with Gasteiger partial charge in [0.1, 0.15) is 11.6 Å². The molecule has 2 atom stereocenters. The zero-order chi connectivity index (χ0) is 16.1. The Balaban J connectivity index is 1.84. The Bertz CT molecular complexity index is 635.